The molecule has 2 aromatic carbocycles. The van der Waals surface area contributed by atoms with Crippen molar-refractivity contribution in [3.8, 4) is 5.75 Å². The second-order valence-corrected chi connectivity index (χ2v) is 7.36. The first-order valence-corrected chi connectivity index (χ1v) is 9.52. The molecule has 26 heavy (non-hydrogen) atoms. The summed E-state index contributed by atoms with van der Waals surface area (Å²) in [6.45, 7) is 9.02. The lowest BCUT2D eigenvalue weighted by molar-refractivity contribution is 0.0356. The van der Waals surface area contributed by atoms with Crippen LogP contribution in [0.5, 0.6) is 5.75 Å². The monoisotopic (exact) mass is 352 g/mol. The van der Waals surface area contributed by atoms with Gasteiger partial charge in [0.1, 0.15) is 5.75 Å². The minimum atomic E-state index is 0.556. The molecule has 0 radical (unpaired) electrons. The normalized spacial score (nSPS) is 20.2. The third-order valence-electron chi connectivity index (χ3n) is 5.54. The number of nitrogens with zero attached hydrogens (tertiary/aromatic N) is 2. The first-order valence-electron chi connectivity index (χ1n) is 9.52. The van der Waals surface area contributed by atoms with Gasteiger partial charge in [0.25, 0.3) is 0 Å². The second-order valence-electron chi connectivity index (χ2n) is 7.36. The summed E-state index contributed by atoms with van der Waals surface area (Å²) in [4.78, 5) is 5.05. The van der Waals surface area contributed by atoms with Gasteiger partial charge in [-0.15, -0.1) is 0 Å². The summed E-state index contributed by atoms with van der Waals surface area (Å²) in [5.41, 5.74) is 5.38. The van der Waals surface area contributed by atoms with Gasteiger partial charge in [0.2, 0.25) is 0 Å². The Kier molecular flexibility index (Phi) is 5.14. The molecule has 4 nitrogen and oxygen atoms in total. The first-order chi connectivity index (χ1) is 12.7. The van der Waals surface area contributed by atoms with E-state index < -0.39 is 0 Å². The molecule has 0 amide bonds. The van der Waals surface area contributed by atoms with E-state index in [1.165, 1.54) is 22.4 Å². The van der Waals surface area contributed by atoms with Crippen LogP contribution in [0.15, 0.2) is 42.5 Å². The van der Waals surface area contributed by atoms with E-state index >= 15 is 0 Å². The van der Waals surface area contributed by atoms with Gasteiger partial charge in [-0.1, -0.05) is 35.9 Å². The number of fused-ring (bicyclic) bond motifs is 1. The highest BCUT2D eigenvalue weighted by molar-refractivity contribution is 5.61. The third kappa shape index (κ3) is 3.57. The first kappa shape index (κ1) is 17.4. The van der Waals surface area contributed by atoms with Crippen LogP contribution in [0.2, 0.25) is 0 Å². The van der Waals surface area contributed by atoms with Crippen LogP contribution < -0.4 is 9.64 Å². The third-order valence-corrected chi connectivity index (χ3v) is 5.54. The number of anilines is 1. The summed E-state index contributed by atoms with van der Waals surface area (Å²) in [6.07, 6.45) is 0. The van der Waals surface area contributed by atoms with Crippen LogP contribution in [-0.2, 0) is 11.3 Å². The predicted octanol–water partition coefficient (Wildman–Crippen LogP) is 3.44. The number of hydrogen-bond donors (Lipinski definition) is 0. The fraction of sp³-hybridized carbons (Fsp3) is 0.455. The summed E-state index contributed by atoms with van der Waals surface area (Å²) >= 11 is 0. The van der Waals surface area contributed by atoms with Crippen LogP contribution in [0.1, 0.15) is 22.6 Å². The molecule has 0 aliphatic carbocycles. The molecular weight excluding hydrogens is 324 g/mol. The summed E-state index contributed by atoms with van der Waals surface area (Å²) in [7, 11) is 1.76. The molecule has 2 aliphatic rings. The van der Waals surface area contributed by atoms with E-state index in [0.717, 1.165) is 51.7 Å². The molecule has 0 aromatic heterocycles. The Balaban J connectivity index is 1.55. The van der Waals surface area contributed by atoms with E-state index in [2.05, 4.69) is 59.2 Å². The summed E-state index contributed by atoms with van der Waals surface area (Å²) < 4.78 is 11.1. The van der Waals surface area contributed by atoms with Crippen LogP contribution in [0.4, 0.5) is 5.69 Å². The maximum atomic E-state index is 5.60. The second kappa shape index (κ2) is 7.68. The largest absolute Gasteiger partial charge is 0.496 e. The van der Waals surface area contributed by atoms with Crippen molar-refractivity contribution in [1.29, 1.82) is 0 Å². The SMILES string of the molecule is COc1ccc(C)cc1CN1CC(CN2CCOCC2)c2ccccc21. The van der Waals surface area contributed by atoms with Gasteiger partial charge in [-0.2, -0.15) is 0 Å². The average Bonchev–Trinajstić information content (AvgIpc) is 3.00. The van der Waals surface area contributed by atoms with E-state index in [1.807, 2.05) is 0 Å². The Morgan fingerprint density at radius 2 is 1.92 bits per heavy atom. The maximum absolute atomic E-state index is 5.60. The number of morpholine rings is 1. The number of ether oxygens (including phenoxy) is 2. The van der Waals surface area contributed by atoms with Crippen molar-refractivity contribution >= 4 is 5.69 Å². The van der Waals surface area contributed by atoms with E-state index in [1.54, 1.807) is 7.11 Å². The molecule has 138 valence electrons. The van der Waals surface area contributed by atoms with Crippen molar-refractivity contribution in [2.45, 2.75) is 19.4 Å². The number of rotatable bonds is 5. The van der Waals surface area contributed by atoms with Crippen LogP contribution in [0, 0.1) is 6.92 Å². The molecule has 0 bridgehead atoms. The van der Waals surface area contributed by atoms with Gasteiger partial charge in [0.05, 0.1) is 20.3 Å². The van der Waals surface area contributed by atoms with Gasteiger partial charge in [-0.25, -0.2) is 0 Å². The molecule has 1 saturated heterocycles. The average molecular weight is 352 g/mol. The molecule has 2 heterocycles. The summed E-state index contributed by atoms with van der Waals surface area (Å²) in [5, 5.41) is 0. The van der Waals surface area contributed by atoms with Crippen molar-refractivity contribution in [3.05, 3.63) is 59.2 Å². The van der Waals surface area contributed by atoms with Crippen LogP contribution in [0.25, 0.3) is 0 Å². The van der Waals surface area contributed by atoms with E-state index in [0.29, 0.717) is 5.92 Å². The molecule has 0 N–H and O–H groups in total. The topological polar surface area (TPSA) is 24.9 Å². The Hall–Kier alpha value is -2.04. The Bertz CT molecular complexity index is 756. The molecule has 2 aromatic rings. The molecule has 4 rings (SSSR count). The van der Waals surface area contributed by atoms with Crippen LogP contribution >= 0.6 is 0 Å². The van der Waals surface area contributed by atoms with Gasteiger partial charge >= 0.3 is 0 Å². The zero-order valence-corrected chi connectivity index (χ0v) is 15.8. The molecule has 4 heteroatoms. The van der Waals surface area contributed by atoms with Crippen molar-refractivity contribution in [2.24, 2.45) is 0 Å². The Morgan fingerprint density at radius 3 is 2.73 bits per heavy atom. The van der Waals surface area contributed by atoms with E-state index in [-0.39, 0.29) is 0 Å². The van der Waals surface area contributed by atoms with Gasteiger partial charge in [0, 0.05) is 49.9 Å². The summed E-state index contributed by atoms with van der Waals surface area (Å²) in [5.74, 6) is 1.53. The van der Waals surface area contributed by atoms with Gasteiger partial charge in [-0.05, 0) is 24.6 Å². The smallest absolute Gasteiger partial charge is 0.123 e. The number of benzene rings is 2. The van der Waals surface area contributed by atoms with Crippen molar-refractivity contribution in [3.63, 3.8) is 0 Å². The number of para-hydroxylation sites is 1. The lowest BCUT2D eigenvalue weighted by atomic mass is 10.0. The molecule has 1 unspecified atom stereocenters. The molecule has 2 aliphatic heterocycles. The predicted molar refractivity (Wildman–Crippen MR) is 105 cm³/mol. The van der Waals surface area contributed by atoms with E-state index in [4.69, 9.17) is 9.47 Å². The molecular formula is C22H28N2O2. The zero-order chi connectivity index (χ0) is 17.9. The van der Waals surface area contributed by atoms with E-state index in [9.17, 15) is 0 Å². The van der Waals surface area contributed by atoms with Gasteiger partial charge in [0.15, 0.2) is 0 Å². The quantitative estimate of drug-likeness (QED) is 0.823. The van der Waals surface area contributed by atoms with Crippen LogP contribution in [0.3, 0.4) is 0 Å². The zero-order valence-electron chi connectivity index (χ0n) is 15.8. The standard InChI is InChI=1S/C22H28N2O2/c1-17-7-8-22(25-2)18(13-17)15-24-16-19(14-23-9-11-26-12-10-23)20-5-3-4-6-21(20)24/h3-8,13,19H,9-12,14-16H2,1-2H3. The maximum Gasteiger partial charge on any atom is 0.123 e. The minimum absolute atomic E-state index is 0.556. The highest BCUT2D eigenvalue weighted by atomic mass is 16.5. The van der Waals surface area contributed by atoms with Crippen molar-refractivity contribution in [2.75, 3.05) is 51.4 Å². The number of methoxy groups -OCH3 is 1. The fourth-order valence-corrected chi connectivity index (χ4v) is 4.22. The molecule has 1 fully saturated rings. The van der Waals surface area contributed by atoms with Gasteiger partial charge < -0.3 is 14.4 Å². The number of hydrogen-bond acceptors (Lipinski definition) is 4. The highest BCUT2D eigenvalue weighted by Crippen LogP contribution is 2.38. The highest BCUT2D eigenvalue weighted by Gasteiger charge is 2.30. The van der Waals surface area contributed by atoms with Crippen LogP contribution in [-0.4, -0.2) is 51.4 Å². The lowest BCUT2D eigenvalue weighted by Crippen LogP contribution is -2.39. The summed E-state index contributed by atoms with van der Waals surface area (Å²) in [6, 6.07) is 15.3. The lowest BCUT2D eigenvalue weighted by Gasteiger charge is -2.29. The minimum Gasteiger partial charge on any atom is -0.496 e. The molecule has 0 spiro atoms. The van der Waals surface area contributed by atoms with Crippen molar-refractivity contribution < 1.29 is 9.47 Å². The molecule has 0 saturated carbocycles. The fourth-order valence-electron chi connectivity index (χ4n) is 4.22. The van der Waals surface area contributed by atoms with Crippen molar-refractivity contribution in [1.82, 2.24) is 4.90 Å². The Labute approximate surface area is 156 Å². The molecule has 1 atom stereocenters. The Morgan fingerprint density at radius 1 is 1.12 bits per heavy atom. The van der Waals surface area contributed by atoms with Gasteiger partial charge in [-0.3, -0.25) is 4.90 Å². The number of aryl methyl sites for hydroxylation is 1.